The summed E-state index contributed by atoms with van der Waals surface area (Å²) in [5.41, 5.74) is 12.3. The summed E-state index contributed by atoms with van der Waals surface area (Å²) in [4.78, 5) is 15.6. The Labute approximate surface area is 119 Å². The lowest BCUT2D eigenvalue weighted by atomic mass is 10.1. The van der Waals surface area contributed by atoms with Crippen LogP contribution in [-0.4, -0.2) is 10.9 Å². The van der Waals surface area contributed by atoms with Gasteiger partial charge < -0.3 is 16.2 Å². The molecule has 0 aliphatic carbocycles. The summed E-state index contributed by atoms with van der Waals surface area (Å²) in [5.74, 6) is -0.314. The number of carbonyl (C=O) groups is 1. The van der Waals surface area contributed by atoms with E-state index in [1.54, 1.807) is 0 Å². The highest BCUT2D eigenvalue weighted by molar-refractivity contribution is 7.09. The highest BCUT2D eigenvalue weighted by Crippen LogP contribution is 2.29. The van der Waals surface area contributed by atoms with Crippen LogP contribution in [0.3, 0.4) is 0 Å². The number of carbonyl (C=O) groups excluding carboxylic acids is 1. The lowest BCUT2D eigenvalue weighted by Crippen LogP contribution is -2.13. The Bertz CT molecular complexity index is 627. The molecule has 0 saturated heterocycles. The maximum absolute atomic E-state index is 11.3. The van der Waals surface area contributed by atoms with E-state index < -0.39 is 5.91 Å². The van der Waals surface area contributed by atoms with Crippen LogP contribution in [-0.2, 0) is 6.61 Å². The second kappa shape index (κ2) is 5.46. The maximum Gasteiger partial charge on any atom is 0.252 e. The van der Waals surface area contributed by atoms with Crippen molar-refractivity contribution in [2.75, 3.05) is 5.73 Å². The van der Waals surface area contributed by atoms with E-state index in [2.05, 4.69) is 4.98 Å². The van der Waals surface area contributed by atoms with Crippen molar-refractivity contribution in [3.63, 3.8) is 0 Å². The smallest absolute Gasteiger partial charge is 0.252 e. The second-order valence-electron chi connectivity index (χ2n) is 3.88. The molecular formula is C12H12ClN3O2S. The van der Waals surface area contributed by atoms with E-state index in [9.17, 15) is 4.79 Å². The molecule has 5 nitrogen and oxygen atoms in total. The van der Waals surface area contributed by atoms with E-state index in [4.69, 9.17) is 27.8 Å². The lowest BCUT2D eigenvalue weighted by molar-refractivity contribution is 0.0996. The van der Waals surface area contributed by atoms with E-state index in [1.165, 1.54) is 23.5 Å². The molecule has 0 unspecified atom stereocenters. The van der Waals surface area contributed by atoms with Gasteiger partial charge in [-0.05, 0) is 13.0 Å². The predicted molar refractivity (Wildman–Crippen MR) is 75.6 cm³/mol. The monoisotopic (exact) mass is 297 g/mol. The molecule has 0 fully saturated rings. The van der Waals surface area contributed by atoms with Crippen LogP contribution < -0.4 is 16.2 Å². The molecule has 1 aromatic carbocycles. The molecular weight excluding hydrogens is 286 g/mol. The number of benzene rings is 1. The zero-order chi connectivity index (χ0) is 14.0. The van der Waals surface area contributed by atoms with Gasteiger partial charge in [-0.25, -0.2) is 4.98 Å². The van der Waals surface area contributed by atoms with Crippen LogP contribution in [0.25, 0.3) is 0 Å². The van der Waals surface area contributed by atoms with Crippen molar-refractivity contribution in [2.45, 2.75) is 13.5 Å². The average molecular weight is 298 g/mol. The third-order valence-electron chi connectivity index (χ3n) is 2.41. The fourth-order valence-corrected chi connectivity index (χ4v) is 2.27. The summed E-state index contributed by atoms with van der Waals surface area (Å²) < 4.78 is 5.54. The molecule has 0 saturated carbocycles. The molecule has 0 spiro atoms. The average Bonchev–Trinajstić information content (AvgIpc) is 2.76. The Morgan fingerprint density at radius 3 is 2.84 bits per heavy atom. The fourth-order valence-electron chi connectivity index (χ4n) is 1.51. The minimum Gasteiger partial charge on any atom is -0.486 e. The molecule has 2 rings (SSSR count). The van der Waals surface area contributed by atoms with E-state index in [0.717, 1.165) is 10.7 Å². The summed E-state index contributed by atoms with van der Waals surface area (Å²) >= 11 is 7.38. The van der Waals surface area contributed by atoms with Gasteiger partial charge in [0.1, 0.15) is 12.4 Å². The van der Waals surface area contributed by atoms with E-state index in [0.29, 0.717) is 11.4 Å². The molecule has 4 N–H and O–H groups in total. The van der Waals surface area contributed by atoms with Gasteiger partial charge in [-0.3, -0.25) is 4.79 Å². The first kappa shape index (κ1) is 13.6. The van der Waals surface area contributed by atoms with Crippen LogP contribution in [0.1, 0.15) is 21.1 Å². The van der Waals surface area contributed by atoms with Gasteiger partial charge in [-0.15, -0.1) is 11.3 Å². The first-order chi connectivity index (χ1) is 8.97. The zero-order valence-electron chi connectivity index (χ0n) is 10.1. The number of primary amides is 1. The Kier molecular flexibility index (Phi) is 3.92. The number of nitrogens with two attached hydrogens (primary N) is 2. The number of ether oxygens (including phenoxy) is 1. The third kappa shape index (κ3) is 3.15. The van der Waals surface area contributed by atoms with Crippen LogP contribution >= 0.6 is 22.9 Å². The Hall–Kier alpha value is -1.79. The van der Waals surface area contributed by atoms with E-state index >= 15 is 0 Å². The second-order valence-corrected chi connectivity index (χ2v) is 5.35. The van der Waals surface area contributed by atoms with E-state index in [1.807, 2.05) is 12.3 Å². The molecule has 0 aliphatic heterocycles. The fraction of sp³-hybridized carbons (Fsp3) is 0.167. The molecule has 0 aliphatic rings. The van der Waals surface area contributed by atoms with Gasteiger partial charge in [0.25, 0.3) is 5.91 Å². The maximum atomic E-state index is 11.3. The summed E-state index contributed by atoms with van der Waals surface area (Å²) in [6.07, 6.45) is 0. The first-order valence-corrected chi connectivity index (χ1v) is 6.65. The summed E-state index contributed by atoms with van der Waals surface area (Å²) in [7, 11) is 0. The largest absolute Gasteiger partial charge is 0.486 e. The number of hydrogen-bond acceptors (Lipinski definition) is 5. The topological polar surface area (TPSA) is 91.2 Å². The number of rotatable bonds is 4. The zero-order valence-corrected chi connectivity index (χ0v) is 11.7. The van der Waals surface area contributed by atoms with E-state index in [-0.39, 0.29) is 17.2 Å². The number of nitrogen functional groups attached to an aromatic ring is 1. The van der Waals surface area contributed by atoms with Crippen LogP contribution in [0.2, 0.25) is 5.02 Å². The van der Waals surface area contributed by atoms with Gasteiger partial charge in [0, 0.05) is 11.4 Å². The molecule has 1 heterocycles. The molecule has 1 aromatic heterocycles. The number of thiazole rings is 1. The number of amides is 1. The highest BCUT2D eigenvalue weighted by atomic mass is 35.5. The van der Waals surface area contributed by atoms with Gasteiger partial charge in [0.15, 0.2) is 0 Å². The third-order valence-corrected chi connectivity index (χ3v) is 3.56. The summed E-state index contributed by atoms with van der Waals surface area (Å²) in [6, 6.07) is 2.89. The van der Waals surface area contributed by atoms with Crippen molar-refractivity contribution in [3.8, 4) is 5.75 Å². The van der Waals surface area contributed by atoms with Crippen molar-refractivity contribution in [3.05, 3.63) is 38.8 Å². The number of hydrogen-bond donors (Lipinski definition) is 2. The van der Waals surface area contributed by atoms with Gasteiger partial charge in [0.2, 0.25) is 0 Å². The molecule has 1 amide bonds. The predicted octanol–water partition coefficient (Wildman–Crippen LogP) is 2.37. The summed E-state index contributed by atoms with van der Waals surface area (Å²) in [6.45, 7) is 2.15. The molecule has 0 atom stereocenters. The number of anilines is 1. The number of nitrogens with zero attached hydrogens (tertiary/aromatic N) is 1. The quantitative estimate of drug-likeness (QED) is 0.848. The lowest BCUT2D eigenvalue weighted by Gasteiger charge is -2.10. The van der Waals surface area contributed by atoms with Crippen molar-refractivity contribution < 1.29 is 9.53 Å². The van der Waals surface area contributed by atoms with Crippen molar-refractivity contribution in [2.24, 2.45) is 5.73 Å². The molecule has 100 valence electrons. The van der Waals surface area contributed by atoms with Crippen LogP contribution in [0.4, 0.5) is 5.69 Å². The standard InChI is InChI=1S/C12H12ClN3O2S/c1-6-16-7(5-19-6)4-18-11-3-10(14)9(13)2-8(11)12(15)17/h2-3,5H,4,14H2,1H3,(H2,15,17). The molecule has 7 heteroatoms. The normalized spacial score (nSPS) is 10.4. The number of aromatic nitrogens is 1. The molecule has 2 aromatic rings. The van der Waals surface area contributed by atoms with Gasteiger partial charge in [0.05, 0.1) is 27.0 Å². The minimum absolute atomic E-state index is 0.200. The van der Waals surface area contributed by atoms with Gasteiger partial charge in [-0.1, -0.05) is 11.6 Å². The SMILES string of the molecule is Cc1nc(COc2cc(N)c(Cl)cc2C(N)=O)cs1. The summed E-state index contributed by atoms with van der Waals surface area (Å²) in [5, 5.41) is 3.11. The van der Waals surface area contributed by atoms with Gasteiger partial charge >= 0.3 is 0 Å². The van der Waals surface area contributed by atoms with Crippen LogP contribution in [0, 0.1) is 6.92 Å². The Morgan fingerprint density at radius 1 is 1.53 bits per heavy atom. The van der Waals surface area contributed by atoms with Crippen molar-refractivity contribution >= 4 is 34.5 Å². The highest BCUT2D eigenvalue weighted by Gasteiger charge is 2.13. The number of aryl methyl sites for hydroxylation is 1. The molecule has 0 bridgehead atoms. The molecule has 19 heavy (non-hydrogen) atoms. The minimum atomic E-state index is -0.619. The molecule has 0 radical (unpaired) electrons. The van der Waals surface area contributed by atoms with Gasteiger partial charge in [-0.2, -0.15) is 0 Å². The Balaban J connectivity index is 2.23. The number of halogens is 1. The van der Waals surface area contributed by atoms with Crippen LogP contribution in [0.5, 0.6) is 5.75 Å². The Morgan fingerprint density at radius 2 is 2.26 bits per heavy atom. The van der Waals surface area contributed by atoms with Crippen molar-refractivity contribution in [1.82, 2.24) is 4.98 Å². The van der Waals surface area contributed by atoms with Crippen LogP contribution in [0.15, 0.2) is 17.5 Å². The van der Waals surface area contributed by atoms with Crippen molar-refractivity contribution in [1.29, 1.82) is 0 Å². The first-order valence-electron chi connectivity index (χ1n) is 5.40.